The minimum atomic E-state index is -0.115. The van der Waals surface area contributed by atoms with Gasteiger partial charge in [0, 0.05) is 6.42 Å². The first-order chi connectivity index (χ1) is 11.3. The Balaban J connectivity index is 3.23. The number of hydrogen-bond acceptors (Lipinski definition) is 2. The summed E-state index contributed by atoms with van der Waals surface area (Å²) in [6, 6.07) is 0. The monoisotopic (exact) mass is 342 g/mol. The topological polar surface area (TPSA) is 26.3 Å². The number of carbonyl (C=O) groups is 1. The third-order valence-corrected chi connectivity index (χ3v) is 3.83. The second-order valence-corrected chi connectivity index (χ2v) is 6.27. The van der Waals surface area contributed by atoms with Gasteiger partial charge >= 0.3 is 5.97 Å². The molecular formula is C20H35ClO2. The van der Waals surface area contributed by atoms with E-state index in [1.165, 1.54) is 51.4 Å². The van der Waals surface area contributed by atoms with Gasteiger partial charge in [-0.05, 0) is 38.5 Å². The third-order valence-electron chi connectivity index (χ3n) is 3.67. The van der Waals surface area contributed by atoms with Crippen molar-refractivity contribution in [2.24, 2.45) is 0 Å². The number of rotatable bonds is 16. The number of hydrogen-bond donors (Lipinski definition) is 0. The molecule has 0 N–H and O–H groups in total. The smallest absolute Gasteiger partial charge is 0.305 e. The Hall–Kier alpha value is -0.760. The molecule has 0 aromatic rings. The van der Waals surface area contributed by atoms with Gasteiger partial charge in [-0.2, -0.15) is 0 Å². The zero-order valence-corrected chi connectivity index (χ0v) is 15.7. The van der Waals surface area contributed by atoms with Gasteiger partial charge in [-0.1, -0.05) is 63.3 Å². The van der Waals surface area contributed by atoms with E-state index in [1.54, 1.807) is 0 Å². The number of ether oxygens (including phenoxy) is 1. The number of halogens is 1. The summed E-state index contributed by atoms with van der Waals surface area (Å²) in [5.41, 5.74) is 0. The molecule has 0 aromatic carbocycles. The van der Waals surface area contributed by atoms with Crippen LogP contribution in [0.1, 0.15) is 84.0 Å². The van der Waals surface area contributed by atoms with E-state index in [0.29, 0.717) is 18.9 Å². The minimum absolute atomic E-state index is 0.115. The highest BCUT2D eigenvalue weighted by Gasteiger charge is 2.01. The van der Waals surface area contributed by atoms with E-state index < -0.39 is 0 Å². The molecule has 0 unspecified atom stereocenters. The van der Waals surface area contributed by atoms with Gasteiger partial charge in [0.1, 0.15) is 6.61 Å². The highest BCUT2D eigenvalue weighted by molar-refractivity contribution is 6.18. The Kier molecular flexibility index (Phi) is 18.6. The number of unbranched alkanes of at least 4 members (excludes halogenated alkanes) is 8. The third kappa shape index (κ3) is 19.2. The number of allylic oxidation sites excluding steroid dienone is 4. The van der Waals surface area contributed by atoms with Crippen LogP contribution in [0.4, 0.5) is 0 Å². The molecule has 0 fully saturated rings. The molecule has 0 aliphatic carbocycles. The molecule has 23 heavy (non-hydrogen) atoms. The van der Waals surface area contributed by atoms with Gasteiger partial charge in [0.25, 0.3) is 0 Å². The number of alkyl halides is 1. The van der Waals surface area contributed by atoms with E-state index in [4.69, 9.17) is 16.3 Å². The normalized spacial score (nSPS) is 11.6. The maximum atomic E-state index is 11.2. The zero-order valence-electron chi connectivity index (χ0n) is 14.9. The molecule has 0 atom stereocenters. The summed E-state index contributed by atoms with van der Waals surface area (Å²) < 4.78 is 4.92. The van der Waals surface area contributed by atoms with Gasteiger partial charge in [0.05, 0.1) is 5.88 Å². The van der Waals surface area contributed by atoms with E-state index in [2.05, 4.69) is 31.2 Å². The van der Waals surface area contributed by atoms with Crippen molar-refractivity contribution in [3.05, 3.63) is 24.3 Å². The van der Waals surface area contributed by atoms with Crippen LogP contribution in [0.2, 0.25) is 0 Å². The molecule has 0 saturated carbocycles. The molecule has 0 bridgehead atoms. The van der Waals surface area contributed by atoms with Crippen molar-refractivity contribution >= 4 is 17.6 Å². The largest absolute Gasteiger partial charge is 0.464 e. The Morgan fingerprint density at radius 3 is 2.13 bits per heavy atom. The van der Waals surface area contributed by atoms with Gasteiger partial charge in [-0.15, -0.1) is 11.6 Å². The summed E-state index contributed by atoms with van der Waals surface area (Å²) in [6.07, 6.45) is 22.8. The maximum absolute atomic E-state index is 11.2. The van der Waals surface area contributed by atoms with Crippen LogP contribution in [0.3, 0.4) is 0 Å². The van der Waals surface area contributed by atoms with Gasteiger partial charge in [0.2, 0.25) is 0 Å². The van der Waals surface area contributed by atoms with Crippen LogP contribution < -0.4 is 0 Å². The second-order valence-electron chi connectivity index (χ2n) is 5.89. The molecule has 0 spiro atoms. The lowest BCUT2D eigenvalue weighted by Gasteiger charge is -2.02. The number of esters is 1. The van der Waals surface area contributed by atoms with Crippen molar-refractivity contribution in [2.75, 3.05) is 12.5 Å². The predicted molar refractivity (Wildman–Crippen MR) is 101 cm³/mol. The Morgan fingerprint density at radius 1 is 0.870 bits per heavy atom. The maximum Gasteiger partial charge on any atom is 0.305 e. The molecule has 0 amide bonds. The van der Waals surface area contributed by atoms with Crippen molar-refractivity contribution in [1.82, 2.24) is 0 Å². The Morgan fingerprint density at radius 2 is 1.48 bits per heavy atom. The van der Waals surface area contributed by atoms with Crippen LogP contribution >= 0.6 is 11.6 Å². The molecule has 3 heteroatoms. The van der Waals surface area contributed by atoms with Crippen molar-refractivity contribution in [1.29, 1.82) is 0 Å². The van der Waals surface area contributed by atoms with Gasteiger partial charge in [0.15, 0.2) is 0 Å². The average Bonchev–Trinajstić information content (AvgIpc) is 2.56. The van der Waals surface area contributed by atoms with Crippen LogP contribution in [0.5, 0.6) is 0 Å². The van der Waals surface area contributed by atoms with E-state index >= 15 is 0 Å². The Labute approximate surface area is 148 Å². The standard InChI is InChI=1S/C20H35ClO2/c1-2-3-4-5-6-7-8-9-10-11-12-13-14-15-16-17-20(22)23-19-18-21/h6-7,9-10H,2-5,8,11-19H2,1H3. The van der Waals surface area contributed by atoms with Crippen molar-refractivity contribution in [3.63, 3.8) is 0 Å². The van der Waals surface area contributed by atoms with Crippen LogP contribution in [0.25, 0.3) is 0 Å². The molecular weight excluding hydrogens is 308 g/mol. The lowest BCUT2D eigenvalue weighted by molar-refractivity contribution is -0.143. The summed E-state index contributed by atoms with van der Waals surface area (Å²) >= 11 is 5.46. The molecule has 134 valence electrons. The van der Waals surface area contributed by atoms with E-state index in [-0.39, 0.29) is 5.97 Å². The lowest BCUT2D eigenvalue weighted by Crippen LogP contribution is -2.06. The van der Waals surface area contributed by atoms with E-state index in [1.807, 2.05) is 0 Å². The molecule has 2 nitrogen and oxygen atoms in total. The summed E-state index contributed by atoms with van der Waals surface area (Å²) in [5.74, 6) is 0.268. The summed E-state index contributed by atoms with van der Waals surface area (Å²) in [7, 11) is 0. The van der Waals surface area contributed by atoms with Gasteiger partial charge < -0.3 is 4.74 Å². The van der Waals surface area contributed by atoms with Crippen molar-refractivity contribution < 1.29 is 9.53 Å². The van der Waals surface area contributed by atoms with Crippen molar-refractivity contribution in [3.8, 4) is 0 Å². The minimum Gasteiger partial charge on any atom is -0.464 e. The van der Waals surface area contributed by atoms with Crippen LogP contribution in [0.15, 0.2) is 24.3 Å². The first-order valence-corrected chi connectivity index (χ1v) is 9.86. The van der Waals surface area contributed by atoms with Crippen LogP contribution in [0, 0.1) is 0 Å². The summed E-state index contributed by atoms with van der Waals surface area (Å²) in [6.45, 7) is 2.57. The zero-order chi connectivity index (χ0) is 17.0. The van der Waals surface area contributed by atoms with Crippen LogP contribution in [-0.4, -0.2) is 18.5 Å². The van der Waals surface area contributed by atoms with E-state index in [0.717, 1.165) is 19.3 Å². The summed E-state index contributed by atoms with van der Waals surface area (Å²) in [4.78, 5) is 11.2. The van der Waals surface area contributed by atoms with Crippen LogP contribution in [-0.2, 0) is 9.53 Å². The molecule has 0 aliphatic rings. The fraction of sp³-hybridized carbons (Fsp3) is 0.750. The average molecular weight is 343 g/mol. The Bertz CT molecular complexity index is 311. The van der Waals surface area contributed by atoms with E-state index in [9.17, 15) is 4.79 Å². The predicted octanol–water partition coefficient (Wildman–Crippen LogP) is 6.58. The quantitative estimate of drug-likeness (QED) is 0.137. The molecule has 0 saturated heterocycles. The molecule has 0 radical (unpaired) electrons. The molecule has 0 heterocycles. The molecule has 0 aliphatic heterocycles. The fourth-order valence-electron chi connectivity index (χ4n) is 2.31. The fourth-order valence-corrected chi connectivity index (χ4v) is 2.38. The highest BCUT2D eigenvalue weighted by atomic mass is 35.5. The van der Waals surface area contributed by atoms with Gasteiger partial charge in [-0.3, -0.25) is 4.79 Å². The lowest BCUT2D eigenvalue weighted by atomic mass is 10.1. The summed E-state index contributed by atoms with van der Waals surface area (Å²) in [5, 5.41) is 0. The highest BCUT2D eigenvalue weighted by Crippen LogP contribution is 2.08. The molecule has 0 rings (SSSR count). The number of carbonyl (C=O) groups excluding carboxylic acids is 1. The second kappa shape index (κ2) is 19.3. The SMILES string of the molecule is CCCCCC=CCC=CCCCCCCCC(=O)OCCCl. The molecule has 0 aromatic heterocycles. The van der Waals surface area contributed by atoms with Gasteiger partial charge in [-0.25, -0.2) is 0 Å². The first kappa shape index (κ1) is 22.2. The first-order valence-electron chi connectivity index (χ1n) is 9.32. The van der Waals surface area contributed by atoms with Crippen molar-refractivity contribution in [2.45, 2.75) is 84.0 Å².